The van der Waals surface area contributed by atoms with Crippen molar-refractivity contribution in [3.63, 3.8) is 0 Å². The van der Waals surface area contributed by atoms with E-state index >= 15 is 0 Å². The highest BCUT2D eigenvalue weighted by Gasteiger charge is 2.19. The van der Waals surface area contributed by atoms with Crippen LogP contribution in [0.15, 0.2) is 18.2 Å². The van der Waals surface area contributed by atoms with E-state index in [0.717, 1.165) is 30.3 Å². The lowest BCUT2D eigenvalue weighted by Crippen LogP contribution is -2.39. The van der Waals surface area contributed by atoms with Crippen molar-refractivity contribution in [1.82, 2.24) is 9.88 Å². The fourth-order valence-corrected chi connectivity index (χ4v) is 2.97. The Morgan fingerprint density at radius 3 is 3.18 bits per heavy atom. The van der Waals surface area contributed by atoms with Gasteiger partial charge in [0.25, 0.3) is 0 Å². The van der Waals surface area contributed by atoms with E-state index in [-0.39, 0.29) is 5.69 Å². The van der Waals surface area contributed by atoms with Gasteiger partial charge in [-0.25, -0.2) is 9.78 Å². The van der Waals surface area contributed by atoms with Crippen molar-refractivity contribution in [2.24, 2.45) is 0 Å². The van der Waals surface area contributed by atoms with Crippen LogP contribution >= 0.6 is 11.8 Å². The van der Waals surface area contributed by atoms with Gasteiger partial charge in [-0.1, -0.05) is 6.07 Å². The third kappa shape index (κ3) is 3.20. The average molecular weight is 252 g/mol. The maximum Gasteiger partial charge on any atom is 0.354 e. The van der Waals surface area contributed by atoms with Gasteiger partial charge >= 0.3 is 5.97 Å². The van der Waals surface area contributed by atoms with Gasteiger partial charge < -0.3 is 5.11 Å². The van der Waals surface area contributed by atoms with E-state index in [0.29, 0.717) is 6.04 Å². The number of hydrogen-bond acceptors (Lipinski definition) is 4. The maximum absolute atomic E-state index is 10.8. The minimum atomic E-state index is -0.964. The van der Waals surface area contributed by atoms with E-state index in [1.807, 2.05) is 17.8 Å². The maximum atomic E-state index is 10.8. The third-order valence-electron chi connectivity index (χ3n) is 2.90. The first-order chi connectivity index (χ1) is 8.16. The van der Waals surface area contributed by atoms with E-state index in [2.05, 4.69) is 16.8 Å². The molecule has 1 aromatic rings. The summed E-state index contributed by atoms with van der Waals surface area (Å²) in [5.74, 6) is 1.32. The third-order valence-corrected chi connectivity index (χ3v) is 4.09. The minimum absolute atomic E-state index is 0.126. The van der Waals surface area contributed by atoms with Crippen molar-refractivity contribution in [3.8, 4) is 0 Å². The molecule has 0 bridgehead atoms. The topological polar surface area (TPSA) is 53.4 Å². The molecular formula is C12H16N2O2S. The van der Waals surface area contributed by atoms with Crippen LogP contribution in [-0.2, 0) is 6.54 Å². The number of carbonyl (C=O) groups is 1. The SMILES string of the molecule is CC1CSCCN1Cc1cccc(C(=O)O)n1. The predicted octanol–water partition coefficient (Wildman–Crippen LogP) is 1.72. The lowest BCUT2D eigenvalue weighted by molar-refractivity contribution is 0.0690. The van der Waals surface area contributed by atoms with Gasteiger partial charge in [0, 0.05) is 30.6 Å². The van der Waals surface area contributed by atoms with E-state index in [1.165, 1.54) is 6.07 Å². The van der Waals surface area contributed by atoms with Crippen LogP contribution in [0.25, 0.3) is 0 Å². The van der Waals surface area contributed by atoms with Crippen LogP contribution < -0.4 is 0 Å². The van der Waals surface area contributed by atoms with Gasteiger partial charge in [-0.05, 0) is 19.1 Å². The summed E-state index contributed by atoms with van der Waals surface area (Å²) in [4.78, 5) is 17.3. The first kappa shape index (κ1) is 12.4. The Morgan fingerprint density at radius 2 is 2.47 bits per heavy atom. The molecule has 2 rings (SSSR count). The molecule has 1 aliphatic rings. The molecule has 0 spiro atoms. The van der Waals surface area contributed by atoms with Crippen LogP contribution in [0, 0.1) is 0 Å². The summed E-state index contributed by atoms with van der Waals surface area (Å²) in [7, 11) is 0. The Hall–Kier alpha value is -1.07. The Balaban J connectivity index is 2.07. The molecule has 2 heterocycles. The summed E-state index contributed by atoms with van der Waals surface area (Å²) < 4.78 is 0. The molecule has 5 heteroatoms. The first-order valence-electron chi connectivity index (χ1n) is 5.68. The molecule has 1 fully saturated rings. The molecule has 0 saturated carbocycles. The Labute approximate surface area is 105 Å². The van der Waals surface area contributed by atoms with Gasteiger partial charge in [-0.2, -0.15) is 11.8 Å². The summed E-state index contributed by atoms with van der Waals surface area (Å²) in [5.41, 5.74) is 0.963. The smallest absolute Gasteiger partial charge is 0.354 e. The number of aromatic nitrogens is 1. The second kappa shape index (κ2) is 5.51. The van der Waals surface area contributed by atoms with E-state index in [1.54, 1.807) is 6.07 Å². The van der Waals surface area contributed by atoms with Crippen molar-refractivity contribution in [2.45, 2.75) is 19.5 Å². The molecule has 1 saturated heterocycles. The van der Waals surface area contributed by atoms with Gasteiger partial charge in [0.05, 0.1) is 5.69 Å². The number of hydrogen-bond donors (Lipinski definition) is 1. The van der Waals surface area contributed by atoms with Crippen LogP contribution in [0.2, 0.25) is 0 Å². The number of aromatic carboxylic acids is 1. The number of pyridine rings is 1. The molecule has 0 aliphatic carbocycles. The second-order valence-electron chi connectivity index (χ2n) is 4.21. The molecule has 4 nitrogen and oxygen atoms in total. The monoisotopic (exact) mass is 252 g/mol. The summed E-state index contributed by atoms with van der Waals surface area (Å²) in [6.45, 7) is 3.99. The average Bonchev–Trinajstić information content (AvgIpc) is 2.32. The first-order valence-corrected chi connectivity index (χ1v) is 6.83. The molecule has 1 N–H and O–H groups in total. The fraction of sp³-hybridized carbons (Fsp3) is 0.500. The van der Waals surface area contributed by atoms with Crippen molar-refractivity contribution >= 4 is 17.7 Å². The predicted molar refractivity (Wildman–Crippen MR) is 68.4 cm³/mol. The second-order valence-corrected chi connectivity index (χ2v) is 5.36. The molecule has 1 unspecified atom stereocenters. The largest absolute Gasteiger partial charge is 0.477 e. The number of rotatable bonds is 3. The zero-order valence-corrected chi connectivity index (χ0v) is 10.6. The molecule has 0 radical (unpaired) electrons. The molecule has 0 aromatic carbocycles. The van der Waals surface area contributed by atoms with Gasteiger partial charge in [-0.3, -0.25) is 4.90 Å². The van der Waals surface area contributed by atoms with Crippen LogP contribution in [-0.4, -0.2) is 45.1 Å². The van der Waals surface area contributed by atoms with Crippen molar-refractivity contribution in [1.29, 1.82) is 0 Å². The molecule has 1 aliphatic heterocycles. The summed E-state index contributed by atoms with van der Waals surface area (Å²) >= 11 is 1.97. The van der Waals surface area contributed by atoms with Crippen molar-refractivity contribution in [3.05, 3.63) is 29.6 Å². The fourth-order valence-electron chi connectivity index (χ4n) is 1.89. The molecule has 1 atom stereocenters. The molecular weight excluding hydrogens is 236 g/mol. The van der Waals surface area contributed by atoms with E-state index < -0.39 is 5.97 Å². The van der Waals surface area contributed by atoms with Gasteiger partial charge in [0.2, 0.25) is 0 Å². The standard InChI is InChI=1S/C12H16N2O2S/c1-9-8-17-6-5-14(9)7-10-3-2-4-11(13-10)12(15)16/h2-4,9H,5-8H2,1H3,(H,15,16). The van der Waals surface area contributed by atoms with Crippen LogP contribution in [0.5, 0.6) is 0 Å². The Bertz CT molecular complexity index is 411. The number of carboxylic acid groups (broad SMARTS) is 1. The Morgan fingerprint density at radius 1 is 1.65 bits per heavy atom. The van der Waals surface area contributed by atoms with Crippen molar-refractivity contribution in [2.75, 3.05) is 18.1 Å². The van der Waals surface area contributed by atoms with Gasteiger partial charge in [0.15, 0.2) is 0 Å². The lowest BCUT2D eigenvalue weighted by Gasteiger charge is -2.32. The summed E-state index contributed by atoms with van der Waals surface area (Å²) in [5, 5.41) is 8.89. The lowest BCUT2D eigenvalue weighted by atomic mass is 10.2. The highest BCUT2D eigenvalue weighted by Crippen LogP contribution is 2.17. The highest BCUT2D eigenvalue weighted by atomic mass is 32.2. The van der Waals surface area contributed by atoms with Crippen LogP contribution in [0.4, 0.5) is 0 Å². The minimum Gasteiger partial charge on any atom is -0.477 e. The summed E-state index contributed by atoms with van der Waals surface area (Å²) in [6.07, 6.45) is 0. The summed E-state index contributed by atoms with van der Waals surface area (Å²) in [6, 6.07) is 5.71. The van der Waals surface area contributed by atoms with Crippen LogP contribution in [0.1, 0.15) is 23.1 Å². The quantitative estimate of drug-likeness (QED) is 0.887. The van der Waals surface area contributed by atoms with Crippen molar-refractivity contribution < 1.29 is 9.90 Å². The molecule has 1 aromatic heterocycles. The zero-order chi connectivity index (χ0) is 12.3. The number of nitrogens with zero attached hydrogens (tertiary/aromatic N) is 2. The molecule has 92 valence electrons. The molecule has 0 amide bonds. The number of carboxylic acids is 1. The van der Waals surface area contributed by atoms with E-state index in [9.17, 15) is 4.79 Å². The zero-order valence-electron chi connectivity index (χ0n) is 9.80. The van der Waals surface area contributed by atoms with Crippen LogP contribution in [0.3, 0.4) is 0 Å². The normalized spacial score (nSPS) is 21.4. The molecule has 17 heavy (non-hydrogen) atoms. The highest BCUT2D eigenvalue weighted by molar-refractivity contribution is 7.99. The number of thioether (sulfide) groups is 1. The Kier molecular flexibility index (Phi) is 4.02. The van der Waals surface area contributed by atoms with Gasteiger partial charge in [-0.15, -0.1) is 0 Å². The van der Waals surface area contributed by atoms with E-state index in [4.69, 9.17) is 5.11 Å². The van der Waals surface area contributed by atoms with Gasteiger partial charge in [0.1, 0.15) is 5.69 Å².